The second kappa shape index (κ2) is 10.8. The molecule has 0 saturated carbocycles. The van der Waals surface area contributed by atoms with Gasteiger partial charge in [-0.25, -0.2) is 9.78 Å². The van der Waals surface area contributed by atoms with E-state index in [2.05, 4.69) is 20.9 Å². The molecule has 0 unspecified atom stereocenters. The number of imidazole rings is 1. The Labute approximate surface area is 202 Å². The fourth-order valence-electron chi connectivity index (χ4n) is 3.47. The number of aromatic nitrogens is 4. The third-order valence-corrected chi connectivity index (χ3v) is 5.20. The molecule has 5 N–H and O–H groups in total. The average Bonchev–Trinajstić information content (AvgIpc) is 3.44. The van der Waals surface area contributed by atoms with Gasteiger partial charge >= 0.3 is 5.91 Å². The van der Waals surface area contributed by atoms with E-state index >= 15 is 0 Å². The molecule has 0 aliphatic heterocycles. The highest BCUT2D eigenvalue weighted by Crippen LogP contribution is 2.18. The molecule has 0 atom stereocenters. The molecule has 0 radical (unpaired) electrons. The van der Waals surface area contributed by atoms with Crippen molar-refractivity contribution in [2.75, 3.05) is 43.1 Å². The van der Waals surface area contributed by atoms with Gasteiger partial charge in [-0.3, -0.25) is 19.7 Å². The van der Waals surface area contributed by atoms with E-state index in [9.17, 15) is 19.2 Å². The van der Waals surface area contributed by atoms with Crippen molar-refractivity contribution < 1.29 is 24.5 Å². The zero-order chi connectivity index (χ0) is 25.7. The lowest BCUT2D eigenvalue weighted by atomic mass is 10.3. The van der Waals surface area contributed by atoms with E-state index in [0.29, 0.717) is 30.0 Å². The topological polar surface area (TPSA) is 152 Å². The minimum atomic E-state index is -0.446. The van der Waals surface area contributed by atoms with Crippen LogP contribution in [-0.4, -0.2) is 74.9 Å². The number of nitrogens with two attached hydrogens (primary N) is 1. The van der Waals surface area contributed by atoms with Crippen LogP contribution in [0.3, 0.4) is 0 Å². The highest BCUT2D eigenvalue weighted by atomic mass is 16.2. The van der Waals surface area contributed by atoms with E-state index in [1.54, 1.807) is 58.8 Å². The Hall–Kier alpha value is -4.23. The van der Waals surface area contributed by atoms with Gasteiger partial charge in [0, 0.05) is 46.3 Å². The lowest BCUT2D eigenvalue weighted by molar-refractivity contribution is -0.555. The number of hydrogen-bond acceptors (Lipinski definition) is 6. The van der Waals surface area contributed by atoms with Crippen molar-refractivity contribution >= 4 is 41.3 Å². The van der Waals surface area contributed by atoms with Gasteiger partial charge in [-0.05, 0) is 26.2 Å². The predicted molar refractivity (Wildman–Crippen MR) is 129 cm³/mol. The van der Waals surface area contributed by atoms with Crippen molar-refractivity contribution in [2.24, 2.45) is 21.1 Å². The van der Waals surface area contributed by atoms with Gasteiger partial charge in [0.15, 0.2) is 5.82 Å². The number of carbonyl (C=O) groups excluding carboxylic acids is 4. The molecule has 3 rings (SSSR count). The number of anilines is 3. The Balaban J connectivity index is 1.66. The Morgan fingerprint density at radius 2 is 1.54 bits per heavy atom. The van der Waals surface area contributed by atoms with E-state index in [-0.39, 0.29) is 23.2 Å². The third kappa shape index (κ3) is 6.22. The van der Waals surface area contributed by atoms with Crippen LogP contribution in [0.5, 0.6) is 0 Å². The molecule has 35 heavy (non-hydrogen) atoms. The standard InChI is InChI=1S/C22H29N9O4/c1-28(2)7-6-23-22(35)19-26-18(12-31(19)5)27-21(34)17-9-15(11-30(17)4)25-20(33)16-8-14(24-13-32)10-29(16)3/h8-13H,6-7H2,1-5H3,(H,23,35)(H,24,32)(H,25,33)(H,27,34)/p+1. The minimum absolute atomic E-state index is 0.217. The van der Waals surface area contributed by atoms with Gasteiger partial charge in [0.05, 0.1) is 17.9 Å². The summed E-state index contributed by atoms with van der Waals surface area (Å²) in [6, 6.07) is 3.07. The number of hydrogen-bond donors (Lipinski definition) is 4. The average molecular weight is 485 g/mol. The summed E-state index contributed by atoms with van der Waals surface area (Å²) in [7, 11) is 8.90. The van der Waals surface area contributed by atoms with Gasteiger partial charge < -0.3 is 34.6 Å². The molecule has 186 valence electrons. The molecule has 3 aromatic heterocycles. The first kappa shape index (κ1) is 25.4. The molecule has 0 spiro atoms. The van der Waals surface area contributed by atoms with Crippen LogP contribution in [0.4, 0.5) is 17.2 Å². The number of nitrogens with zero attached hydrogens (tertiary/aromatic N) is 5. The second-order valence-corrected chi connectivity index (χ2v) is 8.34. The maximum Gasteiger partial charge on any atom is 0.378 e. The van der Waals surface area contributed by atoms with Crippen LogP contribution in [0.25, 0.3) is 0 Å². The third-order valence-electron chi connectivity index (χ3n) is 5.20. The van der Waals surface area contributed by atoms with Gasteiger partial charge in [0.1, 0.15) is 11.4 Å². The summed E-state index contributed by atoms with van der Waals surface area (Å²) in [5.74, 6) is -0.594. The fourth-order valence-corrected chi connectivity index (χ4v) is 3.47. The molecule has 3 heterocycles. The first-order valence-corrected chi connectivity index (χ1v) is 10.8. The first-order valence-electron chi connectivity index (χ1n) is 10.8. The number of likely N-dealkylation sites (N-methyl/N-ethyl adjacent to an activating group) is 1. The van der Waals surface area contributed by atoms with Crippen LogP contribution in [0, 0.1) is 0 Å². The lowest BCUT2D eigenvalue weighted by Crippen LogP contribution is -2.89. The van der Waals surface area contributed by atoms with E-state index in [1.807, 2.05) is 19.0 Å². The summed E-state index contributed by atoms with van der Waals surface area (Å²) < 4.78 is 4.71. The summed E-state index contributed by atoms with van der Waals surface area (Å²) in [6.07, 6.45) is 5.31. The second-order valence-electron chi connectivity index (χ2n) is 8.34. The van der Waals surface area contributed by atoms with Gasteiger partial charge in [-0.1, -0.05) is 0 Å². The normalized spacial score (nSPS) is 10.9. The van der Waals surface area contributed by atoms with Crippen molar-refractivity contribution in [3.63, 3.8) is 0 Å². The molecule has 0 aromatic carbocycles. The summed E-state index contributed by atoms with van der Waals surface area (Å²) >= 11 is 0. The van der Waals surface area contributed by atoms with Crippen LogP contribution in [0.15, 0.2) is 30.7 Å². The number of carbonyl (C=O) groups is 4. The summed E-state index contributed by atoms with van der Waals surface area (Å²) in [5, 5.41) is 9.50. The zero-order valence-corrected chi connectivity index (χ0v) is 20.3. The minimum Gasteiger partial charge on any atom is -0.344 e. The molecule has 0 bridgehead atoms. The van der Waals surface area contributed by atoms with Crippen molar-refractivity contribution in [1.29, 1.82) is 0 Å². The van der Waals surface area contributed by atoms with E-state index in [4.69, 9.17) is 0 Å². The van der Waals surface area contributed by atoms with Crippen molar-refractivity contribution in [1.82, 2.24) is 23.6 Å². The number of quaternary nitrogens is 1. The monoisotopic (exact) mass is 484 g/mol. The fraction of sp³-hybridized carbons (Fsp3) is 0.318. The van der Waals surface area contributed by atoms with E-state index in [1.165, 1.54) is 12.1 Å². The SMILES string of the molecule is CN(C)CC[NH2+]C(=O)c1nc(NC(=O)c2cc(NC(=O)c3cc(NC=O)cn3C)cn2C)cn1C. The van der Waals surface area contributed by atoms with Crippen LogP contribution in [0.2, 0.25) is 0 Å². The van der Waals surface area contributed by atoms with Gasteiger partial charge in [-0.15, -0.1) is 0 Å². The Kier molecular flexibility index (Phi) is 7.83. The van der Waals surface area contributed by atoms with Gasteiger partial charge in [0.2, 0.25) is 12.2 Å². The lowest BCUT2D eigenvalue weighted by Gasteiger charge is -2.06. The molecule has 3 aromatic rings. The number of aryl methyl sites for hydroxylation is 3. The van der Waals surface area contributed by atoms with Crippen molar-refractivity contribution in [3.8, 4) is 0 Å². The molecule has 13 nitrogen and oxygen atoms in total. The van der Waals surface area contributed by atoms with E-state index < -0.39 is 11.8 Å². The molecule has 4 amide bonds. The molecule has 13 heteroatoms. The molecule has 0 aliphatic carbocycles. The smallest absolute Gasteiger partial charge is 0.344 e. The summed E-state index contributed by atoms with van der Waals surface area (Å²) in [5.41, 5.74) is 1.52. The van der Waals surface area contributed by atoms with Crippen molar-refractivity contribution in [3.05, 3.63) is 47.9 Å². The number of primary amides is 1. The van der Waals surface area contributed by atoms with Crippen LogP contribution in [0.1, 0.15) is 31.6 Å². The highest BCUT2D eigenvalue weighted by Gasteiger charge is 2.21. The molecule has 0 aliphatic rings. The number of nitrogens with one attached hydrogen (secondary N) is 3. The maximum absolute atomic E-state index is 12.8. The van der Waals surface area contributed by atoms with Crippen LogP contribution < -0.4 is 21.3 Å². The number of rotatable bonds is 10. The molecular formula is C22H30N9O4+. The Morgan fingerprint density at radius 1 is 0.943 bits per heavy atom. The largest absolute Gasteiger partial charge is 0.378 e. The zero-order valence-electron chi connectivity index (χ0n) is 20.3. The van der Waals surface area contributed by atoms with Crippen LogP contribution >= 0.6 is 0 Å². The molecular weight excluding hydrogens is 454 g/mol. The number of amides is 4. The highest BCUT2D eigenvalue weighted by molar-refractivity contribution is 6.07. The first-order chi connectivity index (χ1) is 16.6. The molecule has 0 fully saturated rings. The van der Waals surface area contributed by atoms with Crippen molar-refractivity contribution in [2.45, 2.75) is 0 Å². The quantitative estimate of drug-likeness (QED) is 0.283. The van der Waals surface area contributed by atoms with Gasteiger partial charge in [0.25, 0.3) is 11.8 Å². The molecule has 0 saturated heterocycles. The van der Waals surface area contributed by atoms with E-state index in [0.717, 1.165) is 6.54 Å². The maximum atomic E-state index is 12.8. The summed E-state index contributed by atoms with van der Waals surface area (Å²) in [6.45, 7) is 1.34. The Morgan fingerprint density at radius 3 is 2.17 bits per heavy atom. The van der Waals surface area contributed by atoms with Crippen LogP contribution in [-0.2, 0) is 25.9 Å². The Bertz CT molecular complexity index is 1250. The predicted octanol–water partition coefficient (Wildman–Crippen LogP) is -0.565. The summed E-state index contributed by atoms with van der Waals surface area (Å²) in [4.78, 5) is 54.7. The van der Waals surface area contributed by atoms with Gasteiger partial charge in [-0.2, -0.15) is 0 Å².